The molecule has 0 aliphatic carbocycles. The number of carboxylic acids is 1. The van der Waals surface area contributed by atoms with Gasteiger partial charge in [0.15, 0.2) is 0 Å². The van der Waals surface area contributed by atoms with Gasteiger partial charge in [-0.05, 0) is 6.07 Å². The zero-order valence-corrected chi connectivity index (χ0v) is 14.9. The molecular formula is C15H18ClN3O5S. The number of carboxylic acid groups (broad SMARTS) is 1. The first-order valence-electron chi connectivity index (χ1n) is 7.50. The second-order valence-electron chi connectivity index (χ2n) is 5.50. The van der Waals surface area contributed by atoms with E-state index >= 15 is 0 Å². The Morgan fingerprint density at radius 2 is 1.96 bits per heavy atom. The summed E-state index contributed by atoms with van der Waals surface area (Å²) < 4.78 is 6.23. The Hall–Kier alpha value is -2.10. The molecule has 0 aromatic carbocycles. The maximum absolute atomic E-state index is 12.5. The number of aliphatic carboxylic acids is 1. The predicted octanol–water partition coefficient (Wildman–Crippen LogP) is 0.875. The normalized spacial score (nSPS) is 15.0. The van der Waals surface area contributed by atoms with Crippen LogP contribution in [0.15, 0.2) is 22.8 Å². The van der Waals surface area contributed by atoms with E-state index < -0.39 is 5.97 Å². The van der Waals surface area contributed by atoms with Gasteiger partial charge in [0.25, 0.3) is 5.91 Å². The number of rotatable bonds is 5. The van der Waals surface area contributed by atoms with Crippen molar-refractivity contribution in [1.82, 2.24) is 15.1 Å². The lowest BCUT2D eigenvalue weighted by Crippen LogP contribution is -2.51. The van der Waals surface area contributed by atoms with E-state index in [9.17, 15) is 14.4 Å². The molecule has 136 valence electrons. The molecule has 8 nitrogen and oxygen atoms in total. The van der Waals surface area contributed by atoms with Crippen molar-refractivity contribution in [3.63, 3.8) is 0 Å². The second kappa shape index (κ2) is 8.32. The SMILES string of the molecule is Cl.O=C(O)CNC(=O)CN1CCN(C(=O)c2cc3occc3s2)CC1. The Morgan fingerprint density at radius 1 is 1.24 bits per heavy atom. The molecule has 0 radical (unpaired) electrons. The lowest BCUT2D eigenvalue weighted by molar-refractivity contribution is -0.138. The number of amides is 2. The van der Waals surface area contributed by atoms with Crippen molar-refractivity contribution < 1.29 is 23.9 Å². The quantitative estimate of drug-likeness (QED) is 0.789. The van der Waals surface area contributed by atoms with Crippen molar-refractivity contribution in [2.24, 2.45) is 0 Å². The number of hydrogen-bond acceptors (Lipinski definition) is 6. The van der Waals surface area contributed by atoms with Gasteiger partial charge in [-0.15, -0.1) is 23.7 Å². The van der Waals surface area contributed by atoms with Gasteiger partial charge in [0.1, 0.15) is 12.1 Å². The molecule has 2 aromatic rings. The number of furan rings is 1. The van der Waals surface area contributed by atoms with Crippen LogP contribution in [0.4, 0.5) is 0 Å². The first-order valence-corrected chi connectivity index (χ1v) is 8.32. The smallest absolute Gasteiger partial charge is 0.322 e. The summed E-state index contributed by atoms with van der Waals surface area (Å²) in [6.07, 6.45) is 1.60. The third-order valence-electron chi connectivity index (χ3n) is 3.81. The molecule has 0 saturated carbocycles. The van der Waals surface area contributed by atoms with E-state index in [0.29, 0.717) is 31.1 Å². The summed E-state index contributed by atoms with van der Waals surface area (Å²) in [6.45, 7) is 1.98. The van der Waals surface area contributed by atoms with Crippen molar-refractivity contribution in [2.45, 2.75) is 0 Å². The van der Waals surface area contributed by atoms with Gasteiger partial charge in [-0.25, -0.2) is 0 Å². The molecular weight excluding hydrogens is 370 g/mol. The van der Waals surface area contributed by atoms with Gasteiger partial charge in [0, 0.05) is 32.2 Å². The number of nitrogens with one attached hydrogen (secondary N) is 1. The molecule has 3 heterocycles. The van der Waals surface area contributed by atoms with Crippen LogP contribution in [0.25, 0.3) is 10.3 Å². The highest BCUT2D eigenvalue weighted by molar-refractivity contribution is 7.20. The van der Waals surface area contributed by atoms with Crippen LogP contribution in [-0.2, 0) is 9.59 Å². The van der Waals surface area contributed by atoms with E-state index in [0.717, 1.165) is 10.3 Å². The van der Waals surface area contributed by atoms with Crippen molar-refractivity contribution in [2.75, 3.05) is 39.3 Å². The van der Waals surface area contributed by atoms with E-state index in [1.807, 2.05) is 11.0 Å². The lowest BCUT2D eigenvalue weighted by atomic mass is 10.3. The van der Waals surface area contributed by atoms with Gasteiger partial charge in [0.05, 0.1) is 22.4 Å². The third kappa shape index (κ3) is 4.71. The number of carbonyl (C=O) groups excluding carboxylic acids is 2. The summed E-state index contributed by atoms with van der Waals surface area (Å²) >= 11 is 1.41. The van der Waals surface area contributed by atoms with Gasteiger partial charge >= 0.3 is 5.97 Å². The number of hydrogen-bond donors (Lipinski definition) is 2. The fourth-order valence-electron chi connectivity index (χ4n) is 2.57. The third-order valence-corrected chi connectivity index (χ3v) is 4.88. The molecule has 0 unspecified atom stereocenters. The average molecular weight is 388 g/mol. The number of fused-ring (bicyclic) bond motifs is 1. The molecule has 10 heteroatoms. The Bertz CT molecular complexity index is 738. The molecule has 25 heavy (non-hydrogen) atoms. The summed E-state index contributed by atoms with van der Waals surface area (Å²) in [7, 11) is 0. The molecule has 1 saturated heterocycles. The molecule has 1 fully saturated rings. The van der Waals surface area contributed by atoms with Crippen LogP contribution in [0.5, 0.6) is 0 Å². The molecule has 0 bridgehead atoms. The summed E-state index contributed by atoms with van der Waals surface area (Å²) in [6, 6.07) is 3.60. The minimum atomic E-state index is -1.07. The standard InChI is InChI=1S/C15H17N3O5S.ClH/c19-13(16-8-14(20)21)9-17-2-4-18(5-3-17)15(22)12-7-10-11(24-12)1-6-23-10;/h1,6-7H,2-5,8-9H2,(H,16,19)(H,20,21);1H. The van der Waals surface area contributed by atoms with E-state index in [2.05, 4.69) is 5.32 Å². The van der Waals surface area contributed by atoms with E-state index in [1.54, 1.807) is 17.2 Å². The van der Waals surface area contributed by atoms with E-state index in [1.165, 1.54) is 11.3 Å². The predicted molar refractivity (Wildman–Crippen MR) is 94.3 cm³/mol. The van der Waals surface area contributed by atoms with Gasteiger partial charge in [-0.3, -0.25) is 19.3 Å². The maximum Gasteiger partial charge on any atom is 0.322 e. The monoisotopic (exact) mass is 387 g/mol. The lowest BCUT2D eigenvalue weighted by Gasteiger charge is -2.34. The largest absolute Gasteiger partial charge is 0.480 e. The number of piperazine rings is 1. The highest BCUT2D eigenvalue weighted by Crippen LogP contribution is 2.27. The molecule has 2 aromatic heterocycles. The fraction of sp³-hybridized carbons (Fsp3) is 0.400. The molecule has 0 atom stereocenters. The highest BCUT2D eigenvalue weighted by atomic mass is 35.5. The van der Waals surface area contributed by atoms with Crippen molar-refractivity contribution in [3.8, 4) is 0 Å². The Morgan fingerprint density at radius 3 is 2.60 bits per heavy atom. The zero-order valence-electron chi connectivity index (χ0n) is 13.3. The van der Waals surface area contributed by atoms with Crippen molar-refractivity contribution in [1.29, 1.82) is 0 Å². The van der Waals surface area contributed by atoms with Gasteiger partial charge < -0.3 is 19.7 Å². The highest BCUT2D eigenvalue weighted by Gasteiger charge is 2.24. The minimum Gasteiger partial charge on any atom is -0.480 e. The molecule has 0 spiro atoms. The minimum absolute atomic E-state index is 0. The topological polar surface area (TPSA) is 103 Å². The van der Waals surface area contributed by atoms with Crippen LogP contribution in [-0.4, -0.2) is 72.0 Å². The van der Waals surface area contributed by atoms with Gasteiger partial charge in [-0.2, -0.15) is 0 Å². The second-order valence-corrected chi connectivity index (χ2v) is 6.58. The van der Waals surface area contributed by atoms with E-state index in [4.69, 9.17) is 9.52 Å². The Kier molecular flexibility index (Phi) is 6.40. The van der Waals surface area contributed by atoms with E-state index in [-0.39, 0.29) is 37.3 Å². The van der Waals surface area contributed by atoms with Crippen molar-refractivity contribution in [3.05, 3.63) is 23.3 Å². The molecule has 2 amide bonds. The number of nitrogens with zero attached hydrogens (tertiary/aromatic N) is 2. The van der Waals surface area contributed by atoms with Crippen LogP contribution < -0.4 is 5.32 Å². The van der Waals surface area contributed by atoms with Crippen LogP contribution in [0, 0.1) is 0 Å². The Labute approximate surface area is 153 Å². The molecule has 3 rings (SSSR count). The number of carbonyl (C=O) groups is 3. The van der Waals surface area contributed by atoms with Gasteiger partial charge in [-0.1, -0.05) is 0 Å². The summed E-state index contributed by atoms with van der Waals surface area (Å²) in [4.78, 5) is 38.9. The van der Waals surface area contributed by atoms with Crippen LogP contribution in [0.3, 0.4) is 0 Å². The number of thiophene rings is 1. The summed E-state index contributed by atoms with van der Waals surface area (Å²) in [5, 5.41) is 10.9. The molecule has 1 aliphatic heterocycles. The average Bonchev–Trinajstić information content (AvgIpc) is 3.14. The first kappa shape index (κ1) is 19.2. The van der Waals surface area contributed by atoms with Crippen LogP contribution in [0.1, 0.15) is 9.67 Å². The maximum atomic E-state index is 12.5. The molecule has 1 aliphatic rings. The summed E-state index contributed by atoms with van der Waals surface area (Å²) in [5.74, 6) is -1.42. The summed E-state index contributed by atoms with van der Waals surface area (Å²) in [5.41, 5.74) is 0.720. The zero-order chi connectivity index (χ0) is 17.1. The fourth-order valence-corrected chi connectivity index (χ4v) is 3.52. The first-order chi connectivity index (χ1) is 11.5. The van der Waals surface area contributed by atoms with Crippen LogP contribution >= 0.6 is 23.7 Å². The van der Waals surface area contributed by atoms with Gasteiger partial charge in [0.2, 0.25) is 5.91 Å². The molecule has 2 N–H and O–H groups in total. The van der Waals surface area contributed by atoms with Crippen LogP contribution in [0.2, 0.25) is 0 Å². The number of halogens is 1. The Balaban J connectivity index is 0.00000225. The van der Waals surface area contributed by atoms with Crippen molar-refractivity contribution >= 4 is 51.8 Å².